The number of hydrogen-bond acceptors (Lipinski definition) is 4. The number of carbonyl (C=O) groups is 2. The molecule has 1 aliphatic rings. The van der Waals surface area contributed by atoms with Crippen LogP contribution < -0.4 is 20.7 Å². The van der Waals surface area contributed by atoms with Crippen molar-refractivity contribution < 1.29 is 14.3 Å². The number of nitrogens with one attached hydrogen (secondary N) is 3. The van der Waals surface area contributed by atoms with Gasteiger partial charge in [0.25, 0.3) is 5.91 Å². The second kappa shape index (κ2) is 11.2. The van der Waals surface area contributed by atoms with E-state index < -0.39 is 0 Å². The molecule has 3 N–H and O–H groups in total. The molecule has 1 fully saturated rings. The summed E-state index contributed by atoms with van der Waals surface area (Å²) in [4.78, 5) is 24.9. The molecule has 1 saturated carbocycles. The molecular weight excluding hydrogens is 390 g/mol. The SMILES string of the molecule is C=C(C)COc1cccc(NCC(=O)Nc2cccc(C(=O)NC3CCCCC3)c2)c1. The molecule has 31 heavy (non-hydrogen) atoms. The Morgan fingerprint density at radius 2 is 1.77 bits per heavy atom. The molecule has 164 valence electrons. The first-order valence-electron chi connectivity index (χ1n) is 10.8. The molecule has 2 amide bonds. The van der Waals surface area contributed by atoms with Crippen LogP contribution in [0.4, 0.5) is 11.4 Å². The molecule has 3 rings (SSSR count). The van der Waals surface area contributed by atoms with Crippen LogP contribution in [-0.2, 0) is 4.79 Å². The van der Waals surface area contributed by atoms with Gasteiger partial charge in [0, 0.05) is 29.0 Å². The Balaban J connectivity index is 1.50. The Morgan fingerprint density at radius 3 is 2.55 bits per heavy atom. The van der Waals surface area contributed by atoms with Crippen LogP contribution in [0.15, 0.2) is 60.7 Å². The van der Waals surface area contributed by atoms with E-state index >= 15 is 0 Å². The van der Waals surface area contributed by atoms with Gasteiger partial charge >= 0.3 is 0 Å². The van der Waals surface area contributed by atoms with E-state index in [1.165, 1.54) is 6.42 Å². The summed E-state index contributed by atoms with van der Waals surface area (Å²) >= 11 is 0. The topological polar surface area (TPSA) is 79.5 Å². The standard InChI is InChI=1S/C25H31N3O3/c1-18(2)17-31-23-13-7-11-21(15-23)26-16-24(29)27-22-12-6-8-19(14-22)25(30)28-20-9-4-3-5-10-20/h6-8,11-15,20,26H,1,3-5,9-10,16-17H2,2H3,(H,27,29)(H,28,30). The highest BCUT2D eigenvalue weighted by Crippen LogP contribution is 2.19. The first-order valence-corrected chi connectivity index (χ1v) is 10.8. The van der Waals surface area contributed by atoms with Crippen molar-refractivity contribution in [3.63, 3.8) is 0 Å². The van der Waals surface area contributed by atoms with Crippen LogP contribution >= 0.6 is 0 Å². The minimum Gasteiger partial charge on any atom is -0.489 e. The van der Waals surface area contributed by atoms with E-state index in [0.717, 1.165) is 36.9 Å². The average molecular weight is 422 g/mol. The van der Waals surface area contributed by atoms with Gasteiger partial charge in [0.1, 0.15) is 12.4 Å². The highest BCUT2D eigenvalue weighted by molar-refractivity contribution is 5.98. The minimum atomic E-state index is -0.196. The van der Waals surface area contributed by atoms with E-state index in [-0.39, 0.29) is 24.4 Å². The van der Waals surface area contributed by atoms with Crippen molar-refractivity contribution in [2.24, 2.45) is 0 Å². The fraction of sp³-hybridized carbons (Fsp3) is 0.360. The summed E-state index contributed by atoms with van der Waals surface area (Å²) in [6.45, 7) is 6.28. The predicted molar refractivity (Wildman–Crippen MR) is 125 cm³/mol. The van der Waals surface area contributed by atoms with E-state index in [4.69, 9.17) is 4.74 Å². The molecule has 2 aromatic rings. The average Bonchev–Trinajstić information content (AvgIpc) is 2.77. The summed E-state index contributed by atoms with van der Waals surface area (Å²) in [5.74, 6) is 0.427. The minimum absolute atomic E-state index is 0.0901. The second-order valence-electron chi connectivity index (χ2n) is 8.06. The molecule has 2 aromatic carbocycles. The van der Waals surface area contributed by atoms with Crippen LogP contribution in [0.3, 0.4) is 0 Å². The van der Waals surface area contributed by atoms with Gasteiger partial charge in [-0.05, 0) is 55.7 Å². The van der Waals surface area contributed by atoms with Gasteiger partial charge in [-0.3, -0.25) is 9.59 Å². The van der Waals surface area contributed by atoms with Gasteiger partial charge in [-0.2, -0.15) is 0 Å². The third kappa shape index (κ3) is 7.48. The van der Waals surface area contributed by atoms with Gasteiger partial charge < -0.3 is 20.7 Å². The fourth-order valence-electron chi connectivity index (χ4n) is 3.54. The summed E-state index contributed by atoms with van der Waals surface area (Å²) < 4.78 is 5.62. The van der Waals surface area contributed by atoms with Gasteiger partial charge in [-0.25, -0.2) is 0 Å². The van der Waals surface area contributed by atoms with Crippen LogP contribution in [0.2, 0.25) is 0 Å². The third-order valence-corrected chi connectivity index (χ3v) is 5.12. The van der Waals surface area contributed by atoms with Crippen LogP contribution in [0.25, 0.3) is 0 Å². The van der Waals surface area contributed by atoms with E-state index in [1.54, 1.807) is 24.3 Å². The maximum Gasteiger partial charge on any atom is 0.251 e. The summed E-state index contributed by atoms with van der Waals surface area (Å²) in [6, 6.07) is 14.7. The van der Waals surface area contributed by atoms with Crippen LogP contribution in [0.1, 0.15) is 49.4 Å². The lowest BCUT2D eigenvalue weighted by Crippen LogP contribution is -2.36. The quantitative estimate of drug-likeness (QED) is 0.510. The number of carbonyl (C=O) groups excluding carboxylic acids is 2. The Morgan fingerprint density at radius 1 is 1.03 bits per heavy atom. The molecule has 0 heterocycles. The predicted octanol–water partition coefficient (Wildman–Crippen LogP) is 4.75. The first kappa shape index (κ1) is 22.4. The Kier molecular flexibility index (Phi) is 8.10. The van der Waals surface area contributed by atoms with Gasteiger partial charge in [0.2, 0.25) is 5.91 Å². The Hall–Kier alpha value is -3.28. The normalized spacial score (nSPS) is 13.8. The van der Waals surface area contributed by atoms with Crippen molar-refractivity contribution >= 4 is 23.2 Å². The number of hydrogen-bond donors (Lipinski definition) is 3. The van der Waals surface area contributed by atoms with Crippen molar-refractivity contribution in [1.82, 2.24) is 5.32 Å². The van der Waals surface area contributed by atoms with E-state index in [0.29, 0.717) is 23.6 Å². The van der Waals surface area contributed by atoms with E-state index in [9.17, 15) is 9.59 Å². The molecule has 0 bridgehead atoms. The fourth-order valence-corrected chi connectivity index (χ4v) is 3.54. The maximum atomic E-state index is 12.5. The van der Waals surface area contributed by atoms with Crippen molar-refractivity contribution in [3.05, 3.63) is 66.2 Å². The third-order valence-electron chi connectivity index (χ3n) is 5.12. The second-order valence-corrected chi connectivity index (χ2v) is 8.06. The number of amides is 2. The molecule has 0 unspecified atom stereocenters. The van der Waals surface area contributed by atoms with E-state index in [1.807, 2.05) is 31.2 Å². The number of benzene rings is 2. The lowest BCUT2D eigenvalue weighted by molar-refractivity contribution is -0.114. The molecule has 0 spiro atoms. The maximum absolute atomic E-state index is 12.5. The molecule has 0 atom stereocenters. The molecule has 0 aromatic heterocycles. The summed E-state index contributed by atoms with van der Waals surface area (Å²) in [5, 5.41) is 9.04. The smallest absolute Gasteiger partial charge is 0.251 e. The summed E-state index contributed by atoms with van der Waals surface area (Å²) in [7, 11) is 0. The Bertz CT molecular complexity index is 920. The van der Waals surface area contributed by atoms with Crippen LogP contribution in [-0.4, -0.2) is 31.0 Å². The zero-order valence-corrected chi connectivity index (χ0v) is 18.1. The molecule has 1 aliphatic carbocycles. The highest BCUT2D eigenvalue weighted by atomic mass is 16.5. The van der Waals surface area contributed by atoms with E-state index in [2.05, 4.69) is 22.5 Å². The molecule has 0 saturated heterocycles. The molecule has 6 heteroatoms. The summed E-state index contributed by atoms with van der Waals surface area (Å²) in [5.41, 5.74) is 2.88. The number of anilines is 2. The van der Waals surface area contributed by atoms with Gasteiger partial charge in [-0.1, -0.05) is 38.0 Å². The summed E-state index contributed by atoms with van der Waals surface area (Å²) in [6.07, 6.45) is 5.64. The zero-order chi connectivity index (χ0) is 22.1. The van der Waals surface area contributed by atoms with Crippen molar-refractivity contribution in [2.45, 2.75) is 45.1 Å². The van der Waals surface area contributed by atoms with Gasteiger partial charge in [0.05, 0.1) is 6.54 Å². The zero-order valence-electron chi connectivity index (χ0n) is 18.1. The molecular formula is C25H31N3O3. The van der Waals surface area contributed by atoms with Crippen molar-refractivity contribution in [2.75, 3.05) is 23.8 Å². The number of ether oxygens (including phenoxy) is 1. The van der Waals surface area contributed by atoms with Crippen LogP contribution in [0, 0.1) is 0 Å². The molecule has 0 aliphatic heterocycles. The molecule has 6 nitrogen and oxygen atoms in total. The Labute approximate surface area is 184 Å². The highest BCUT2D eigenvalue weighted by Gasteiger charge is 2.17. The lowest BCUT2D eigenvalue weighted by atomic mass is 9.95. The van der Waals surface area contributed by atoms with Crippen molar-refractivity contribution in [3.8, 4) is 5.75 Å². The number of rotatable bonds is 9. The first-order chi connectivity index (χ1) is 15.0. The van der Waals surface area contributed by atoms with Gasteiger partial charge in [-0.15, -0.1) is 0 Å². The van der Waals surface area contributed by atoms with Crippen LogP contribution in [0.5, 0.6) is 5.75 Å². The largest absolute Gasteiger partial charge is 0.489 e. The molecule has 0 radical (unpaired) electrons. The van der Waals surface area contributed by atoms with Crippen molar-refractivity contribution in [1.29, 1.82) is 0 Å². The lowest BCUT2D eigenvalue weighted by Gasteiger charge is -2.22. The van der Waals surface area contributed by atoms with Gasteiger partial charge in [0.15, 0.2) is 0 Å². The monoisotopic (exact) mass is 421 g/mol.